The number of aliphatic hydroxyl groups is 1. The van der Waals surface area contributed by atoms with Crippen LogP contribution in [0.4, 0.5) is 13.2 Å². The molecule has 1 nitrogen and oxygen atoms in total. The molecule has 0 heterocycles. The quantitative estimate of drug-likeness (QED) is 0.689. The fraction of sp³-hybridized carbons (Fsp3) is 1.00. The lowest BCUT2D eigenvalue weighted by Crippen LogP contribution is -2.24. The second kappa shape index (κ2) is 3.95. The second-order valence-electron chi connectivity index (χ2n) is 2.77. The molecule has 2 unspecified atom stereocenters. The average molecular weight is 170 g/mol. The van der Waals surface area contributed by atoms with Gasteiger partial charge in [-0.2, -0.15) is 13.2 Å². The van der Waals surface area contributed by atoms with E-state index in [1.54, 1.807) is 13.8 Å². The van der Waals surface area contributed by atoms with Crippen LogP contribution in [0.2, 0.25) is 0 Å². The van der Waals surface area contributed by atoms with Gasteiger partial charge in [-0.25, -0.2) is 0 Å². The molecule has 0 aliphatic heterocycles. The van der Waals surface area contributed by atoms with Crippen LogP contribution in [-0.4, -0.2) is 17.4 Å². The highest BCUT2D eigenvalue weighted by Crippen LogP contribution is 2.25. The molecule has 0 radical (unpaired) electrons. The molecule has 11 heavy (non-hydrogen) atoms. The van der Waals surface area contributed by atoms with Crippen LogP contribution >= 0.6 is 0 Å². The molecule has 0 spiro atoms. The molecular weight excluding hydrogens is 157 g/mol. The number of aliphatic hydroxyl groups excluding tert-OH is 1. The Balaban J connectivity index is 3.77. The van der Waals surface area contributed by atoms with E-state index < -0.39 is 18.7 Å². The molecule has 0 rings (SSSR count). The SMILES string of the molecule is CCC(C)C(O)CC(F)(F)F. The molecule has 0 aromatic rings. The zero-order valence-corrected chi connectivity index (χ0v) is 6.65. The van der Waals surface area contributed by atoms with Crippen molar-refractivity contribution in [1.29, 1.82) is 0 Å². The van der Waals surface area contributed by atoms with E-state index in [1.165, 1.54) is 0 Å². The van der Waals surface area contributed by atoms with E-state index >= 15 is 0 Å². The summed E-state index contributed by atoms with van der Waals surface area (Å²) in [4.78, 5) is 0. The average Bonchev–Trinajstić information content (AvgIpc) is 1.82. The third kappa shape index (κ3) is 5.07. The number of rotatable bonds is 3. The third-order valence-electron chi connectivity index (χ3n) is 1.74. The van der Waals surface area contributed by atoms with Gasteiger partial charge >= 0.3 is 6.18 Å². The molecule has 0 aromatic carbocycles. The molecular formula is C7H13F3O. The van der Waals surface area contributed by atoms with Gasteiger partial charge in [0.15, 0.2) is 0 Å². The van der Waals surface area contributed by atoms with E-state index in [1.807, 2.05) is 0 Å². The summed E-state index contributed by atoms with van der Waals surface area (Å²) in [6.07, 6.45) is -6.03. The molecule has 0 saturated heterocycles. The van der Waals surface area contributed by atoms with Crippen LogP contribution in [0.3, 0.4) is 0 Å². The van der Waals surface area contributed by atoms with Crippen LogP contribution in [-0.2, 0) is 0 Å². The topological polar surface area (TPSA) is 20.2 Å². The fourth-order valence-corrected chi connectivity index (χ4v) is 0.710. The first-order valence-electron chi connectivity index (χ1n) is 3.61. The van der Waals surface area contributed by atoms with E-state index in [0.717, 1.165) is 0 Å². The summed E-state index contributed by atoms with van der Waals surface area (Å²) in [6, 6.07) is 0. The molecule has 0 aliphatic carbocycles. The summed E-state index contributed by atoms with van der Waals surface area (Å²) in [6.45, 7) is 3.36. The molecule has 4 heteroatoms. The molecule has 0 amide bonds. The lowest BCUT2D eigenvalue weighted by molar-refractivity contribution is -0.158. The summed E-state index contributed by atoms with van der Waals surface area (Å²) in [5, 5.41) is 8.93. The molecule has 0 aromatic heterocycles. The van der Waals surface area contributed by atoms with Crippen LogP contribution in [0.1, 0.15) is 26.7 Å². The van der Waals surface area contributed by atoms with Gasteiger partial charge in [0, 0.05) is 0 Å². The predicted octanol–water partition coefficient (Wildman–Crippen LogP) is 2.35. The van der Waals surface area contributed by atoms with Crippen molar-refractivity contribution < 1.29 is 18.3 Å². The number of alkyl halides is 3. The van der Waals surface area contributed by atoms with Crippen LogP contribution in [0.5, 0.6) is 0 Å². The van der Waals surface area contributed by atoms with Crippen molar-refractivity contribution in [3.8, 4) is 0 Å². The van der Waals surface area contributed by atoms with Crippen molar-refractivity contribution in [2.75, 3.05) is 0 Å². The maximum atomic E-state index is 11.6. The van der Waals surface area contributed by atoms with Gasteiger partial charge in [0.1, 0.15) is 0 Å². The lowest BCUT2D eigenvalue weighted by atomic mass is 9.99. The van der Waals surface area contributed by atoms with Gasteiger partial charge in [-0.1, -0.05) is 20.3 Å². The van der Waals surface area contributed by atoms with E-state index in [0.29, 0.717) is 6.42 Å². The first kappa shape index (κ1) is 10.8. The molecule has 0 aliphatic rings. The Morgan fingerprint density at radius 3 is 2.09 bits per heavy atom. The Morgan fingerprint density at radius 1 is 1.36 bits per heavy atom. The number of hydrogen-bond donors (Lipinski definition) is 1. The summed E-state index contributed by atoms with van der Waals surface area (Å²) >= 11 is 0. The van der Waals surface area contributed by atoms with E-state index in [2.05, 4.69) is 0 Å². The predicted molar refractivity (Wildman–Crippen MR) is 36.1 cm³/mol. The van der Waals surface area contributed by atoms with Gasteiger partial charge < -0.3 is 5.11 Å². The maximum Gasteiger partial charge on any atom is 0.391 e. The Labute approximate surface area is 64.2 Å². The van der Waals surface area contributed by atoms with E-state index in [4.69, 9.17) is 5.11 Å². The zero-order chi connectivity index (χ0) is 9.07. The number of hydrogen-bond acceptors (Lipinski definition) is 1. The minimum absolute atomic E-state index is 0.281. The molecule has 1 N–H and O–H groups in total. The van der Waals surface area contributed by atoms with Gasteiger partial charge in [-0.3, -0.25) is 0 Å². The summed E-state index contributed by atoms with van der Waals surface area (Å²) in [7, 11) is 0. The highest BCUT2D eigenvalue weighted by molar-refractivity contribution is 4.66. The number of halogens is 3. The fourth-order valence-electron chi connectivity index (χ4n) is 0.710. The molecule has 68 valence electrons. The summed E-state index contributed by atoms with van der Waals surface area (Å²) in [5.41, 5.74) is 0. The van der Waals surface area contributed by atoms with Crippen molar-refractivity contribution in [2.24, 2.45) is 5.92 Å². The molecule has 0 fully saturated rings. The lowest BCUT2D eigenvalue weighted by Gasteiger charge is -2.18. The standard InChI is InChI=1S/C7H13F3O/c1-3-5(2)6(11)4-7(8,9)10/h5-6,11H,3-4H2,1-2H3. The van der Waals surface area contributed by atoms with Gasteiger partial charge in [0.2, 0.25) is 0 Å². The third-order valence-corrected chi connectivity index (χ3v) is 1.74. The van der Waals surface area contributed by atoms with Crippen molar-refractivity contribution in [3.63, 3.8) is 0 Å². The van der Waals surface area contributed by atoms with Gasteiger partial charge in [-0.15, -0.1) is 0 Å². The van der Waals surface area contributed by atoms with Gasteiger partial charge in [0.25, 0.3) is 0 Å². The summed E-state index contributed by atoms with van der Waals surface area (Å²) < 4.78 is 34.9. The highest BCUT2D eigenvalue weighted by Gasteiger charge is 2.32. The first-order chi connectivity index (χ1) is 4.87. The van der Waals surface area contributed by atoms with Crippen molar-refractivity contribution >= 4 is 0 Å². The zero-order valence-electron chi connectivity index (χ0n) is 6.65. The van der Waals surface area contributed by atoms with Crippen molar-refractivity contribution in [2.45, 2.75) is 39.0 Å². The van der Waals surface area contributed by atoms with Crippen LogP contribution in [0.25, 0.3) is 0 Å². The first-order valence-corrected chi connectivity index (χ1v) is 3.61. The molecule has 2 atom stereocenters. The maximum absolute atomic E-state index is 11.6. The largest absolute Gasteiger partial charge is 0.393 e. The Hall–Kier alpha value is -0.250. The van der Waals surface area contributed by atoms with E-state index in [9.17, 15) is 13.2 Å². The Bertz CT molecular complexity index is 111. The van der Waals surface area contributed by atoms with Crippen LogP contribution < -0.4 is 0 Å². The monoisotopic (exact) mass is 170 g/mol. The van der Waals surface area contributed by atoms with Crippen LogP contribution in [0.15, 0.2) is 0 Å². The normalized spacial score (nSPS) is 18.0. The Morgan fingerprint density at radius 2 is 1.82 bits per heavy atom. The van der Waals surface area contributed by atoms with Crippen LogP contribution in [0, 0.1) is 5.92 Å². The van der Waals surface area contributed by atoms with Crippen molar-refractivity contribution in [3.05, 3.63) is 0 Å². The minimum atomic E-state index is -4.25. The molecule has 0 saturated carbocycles. The van der Waals surface area contributed by atoms with Crippen molar-refractivity contribution in [1.82, 2.24) is 0 Å². The minimum Gasteiger partial charge on any atom is -0.393 e. The molecule has 0 bridgehead atoms. The highest BCUT2D eigenvalue weighted by atomic mass is 19.4. The smallest absolute Gasteiger partial charge is 0.391 e. The summed E-state index contributed by atoms with van der Waals surface area (Å²) in [5.74, 6) is -0.281. The van der Waals surface area contributed by atoms with Gasteiger partial charge in [0.05, 0.1) is 12.5 Å². The van der Waals surface area contributed by atoms with Gasteiger partial charge in [-0.05, 0) is 5.92 Å². The van der Waals surface area contributed by atoms with E-state index in [-0.39, 0.29) is 5.92 Å². The Kier molecular flexibility index (Phi) is 3.86. The second-order valence-corrected chi connectivity index (χ2v) is 2.77.